The van der Waals surface area contributed by atoms with E-state index in [1.165, 1.54) is 11.1 Å². The summed E-state index contributed by atoms with van der Waals surface area (Å²) in [4.78, 5) is 20.1. The number of nitrogens with zero attached hydrogens (tertiary/aromatic N) is 3. The fourth-order valence-electron chi connectivity index (χ4n) is 6.37. The van der Waals surface area contributed by atoms with E-state index < -0.39 is 5.54 Å². The van der Waals surface area contributed by atoms with Crippen molar-refractivity contribution in [3.8, 4) is 11.5 Å². The zero-order chi connectivity index (χ0) is 26.4. The van der Waals surface area contributed by atoms with Crippen LogP contribution in [0.3, 0.4) is 0 Å². The maximum absolute atomic E-state index is 14.1. The van der Waals surface area contributed by atoms with Crippen molar-refractivity contribution in [1.29, 1.82) is 5.41 Å². The summed E-state index contributed by atoms with van der Waals surface area (Å²) in [6.45, 7) is 2.16. The van der Waals surface area contributed by atoms with E-state index in [9.17, 15) is 10.2 Å². The van der Waals surface area contributed by atoms with Crippen LogP contribution in [0.4, 0.5) is 10.5 Å². The summed E-state index contributed by atoms with van der Waals surface area (Å²) in [6.07, 6.45) is 2.25. The van der Waals surface area contributed by atoms with Gasteiger partial charge >= 0.3 is 6.03 Å². The molecule has 7 nitrogen and oxygen atoms in total. The minimum atomic E-state index is -0.752. The number of halogens is 1. The summed E-state index contributed by atoms with van der Waals surface area (Å²) < 4.78 is 11.2. The Balaban J connectivity index is 1.44. The molecule has 0 radical (unpaired) electrons. The number of ether oxygens (including phenoxy) is 2. The topological polar surface area (TPSA) is 69.1 Å². The van der Waals surface area contributed by atoms with Gasteiger partial charge in [0.15, 0.2) is 11.5 Å². The van der Waals surface area contributed by atoms with Crippen LogP contribution in [0.15, 0.2) is 66.7 Å². The minimum absolute atomic E-state index is 0.0537. The SMILES string of the molecule is COc1cc2c(cc1OC)[C@@H]1C[C@]3(CCN1CC2)C(=N)N(c1cccc(Cl)c1)C(=O)N3Cc1ccccc1. The lowest BCUT2D eigenvalue weighted by Crippen LogP contribution is -2.58. The highest BCUT2D eigenvalue weighted by molar-refractivity contribution is 6.31. The number of amidine groups is 1. The second kappa shape index (κ2) is 9.64. The van der Waals surface area contributed by atoms with Crippen LogP contribution in [0.1, 0.15) is 35.6 Å². The second-order valence-corrected chi connectivity index (χ2v) is 10.6. The monoisotopic (exact) mass is 530 g/mol. The van der Waals surface area contributed by atoms with Gasteiger partial charge in [-0.2, -0.15) is 0 Å². The number of hydrogen-bond acceptors (Lipinski definition) is 5. The first-order chi connectivity index (χ1) is 18.4. The summed E-state index contributed by atoms with van der Waals surface area (Å²) in [5.41, 5.74) is 3.34. The summed E-state index contributed by atoms with van der Waals surface area (Å²) in [5.74, 6) is 1.74. The zero-order valence-electron chi connectivity index (χ0n) is 21.6. The van der Waals surface area contributed by atoms with Crippen LogP contribution in [0.5, 0.6) is 11.5 Å². The molecule has 2 atom stereocenters. The Morgan fingerprint density at radius 1 is 1.00 bits per heavy atom. The van der Waals surface area contributed by atoms with Gasteiger partial charge in [0.2, 0.25) is 0 Å². The first kappa shape index (κ1) is 24.8. The number of nitrogens with one attached hydrogen (secondary N) is 1. The van der Waals surface area contributed by atoms with Crippen LogP contribution in [0.25, 0.3) is 0 Å². The maximum atomic E-state index is 14.1. The van der Waals surface area contributed by atoms with Crippen LogP contribution in [0.2, 0.25) is 5.02 Å². The van der Waals surface area contributed by atoms with Crippen LogP contribution < -0.4 is 14.4 Å². The third kappa shape index (κ3) is 3.92. The normalized spacial score (nSPS) is 23.0. The number of piperidine rings is 1. The number of rotatable bonds is 5. The molecule has 1 spiro atoms. The molecule has 3 aliphatic heterocycles. The average Bonchev–Trinajstić information content (AvgIpc) is 3.13. The third-order valence-electron chi connectivity index (χ3n) is 8.31. The van der Waals surface area contributed by atoms with Gasteiger partial charge < -0.3 is 14.4 Å². The lowest BCUT2D eigenvalue weighted by atomic mass is 9.76. The molecule has 1 N–H and O–H groups in total. The van der Waals surface area contributed by atoms with Gasteiger partial charge in [-0.1, -0.05) is 48.0 Å². The molecule has 3 aromatic rings. The van der Waals surface area contributed by atoms with E-state index in [1.54, 1.807) is 31.3 Å². The van der Waals surface area contributed by atoms with E-state index in [0.717, 1.165) is 30.8 Å². The van der Waals surface area contributed by atoms with E-state index in [0.29, 0.717) is 41.7 Å². The van der Waals surface area contributed by atoms with E-state index in [4.69, 9.17) is 21.1 Å². The predicted octanol–water partition coefficient (Wildman–Crippen LogP) is 5.91. The molecule has 0 aromatic heterocycles. The van der Waals surface area contributed by atoms with E-state index >= 15 is 0 Å². The number of hydrogen-bond donors (Lipinski definition) is 1. The Morgan fingerprint density at radius 2 is 1.76 bits per heavy atom. The van der Waals surface area contributed by atoms with Crippen molar-refractivity contribution < 1.29 is 14.3 Å². The highest BCUT2D eigenvalue weighted by Crippen LogP contribution is 2.49. The van der Waals surface area contributed by atoms with E-state index in [-0.39, 0.29) is 12.1 Å². The molecule has 3 heterocycles. The molecule has 0 bridgehead atoms. The molecular weight excluding hydrogens is 500 g/mol. The molecule has 3 aliphatic rings. The summed E-state index contributed by atoms with van der Waals surface area (Å²) in [5, 5.41) is 10.0. The first-order valence-corrected chi connectivity index (χ1v) is 13.3. The van der Waals surface area contributed by atoms with Crippen molar-refractivity contribution in [3.05, 3.63) is 88.4 Å². The molecule has 3 aromatic carbocycles. The number of anilines is 1. The molecule has 0 unspecified atom stereocenters. The number of fused-ring (bicyclic) bond motifs is 3. The lowest BCUT2D eigenvalue weighted by Gasteiger charge is -2.50. The van der Waals surface area contributed by atoms with E-state index in [1.807, 2.05) is 47.4 Å². The van der Waals surface area contributed by atoms with Crippen molar-refractivity contribution in [1.82, 2.24) is 9.80 Å². The van der Waals surface area contributed by atoms with Gasteiger partial charge in [-0.05, 0) is 66.3 Å². The lowest BCUT2D eigenvalue weighted by molar-refractivity contribution is 0.0508. The largest absolute Gasteiger partial charge is 0.493 e. The summed E-state index contributed by atoms with van der Waals surface area (Å²) in [7, 11) is 3.31. The van der Waals surface area contributed by atoms with Gasteiger partial charge in [0.1, 0.15) is 11.4 Å². The third-order valence-corrected chi connectivity index (χ3v) is 8.55. The van der Waals surface area contributed by atoms with Crippen LogP contribution in [-0.4, -0.2) is 54.5 Å². The van der Waals surface area contributed by atoms with Gasteiger partial charge in [0.25, 0.3) is 0 Å². The van der Waals surface area contributed by atoms with Gasteiger partial charge in [-0.15, -0.1) is 0 Å². The number of methoxy groups -OCH3 is 2. The molecule has 8 heteroatoms. The Morgan fingerprint density at radius 3 is 2.50 bits per heavy atom. The molecule has 2 amide bonds. The first-order valence-electron chi connectivity index (χ1n) is 12.9. The number of carbonyl (C=O) groups is 1. The number of urea groups is 1. The molecule has 38 heavy (non-hydrogen) atoms. The van der Waals surface area contributed by atoms with Gasteiger partial charge in [0.05, 0.1) is 19.9 Å². The zero-order valence-corrected chi connectivity index (χ0v) is 22.4. The Bertz CT molecular complexity index is 1400. The average molecular weight is 531 g/mol. The Kier molecular flexibility index (Phi) is 6.28. The molecule has 6 rings (SSSR count). The molecule has 0 saturated carbocycles. The number of benzene rings is 3. The fourth-order valence-corrected chi connectivity index (χ4v) is 6.56. The highest BCUT2D eigenvalue weighted by atomic mass is 35.5. The molecule has 2 saturated heterocycles. The maximum Gasteiger partial charge on any atom is 0.331 e. The van der Waals surface area contributed by atoms with Crippen molar-refractivity contribution in [2.24, 2.45) is 0 Å². The smallest absolute Gasteiger partial charge is 0.331 e. The standard InChI is InChI=1S/C30H31ClN4O3/c1-37-26-15-21-11-13-33-14-12-30(18-25(33)24(21)17-27(26)38-2)28(32)35(23-10-6-9-22(31)16-23)29(36)34(30)19-20-7-4-3-5-8-20/h3-10,15-17,25,32H,11-14,18-19H2,1-2H3/t25-,30+/m0/s1. The summed E-state index contributed by atoms with van der Waals surface area (Å²) >= 11 is 6.31. The molecule has 2 fully saturated rings. The van der Waals surface area contributed by atoms with Crippen molar-refractivity contribution in [2.45, 2.75) is 37.4 Å². The predicted molar refractivity (Wildman–Crippen MR) is 149 cm³/mol. The van der Waals surface area contributed by atoms with Crippen molar-refractivity contribution >= 4 is 29.2 Å². The van der Waals surface area contributed by atoms with Gasteiger partial charge in [-0.25, -0.2) is 9.69 Å². The van der Waals surface area contributed by atoms with Gasteiger partial charge in [-0.3, -0.25) is 10.3 Å². The molecule has 0 aliphatic carbocycles. The molecular formula is C30H31ClN4O3. The fraction of sp³-hybridized carbons (Fsp3) is 0.333. The van der Waals surface area contributed by atoms with Crippen LogP contribution in [0, 0.1) is 5.41 Å². The quantitative estimate of drug-likeness (QED) is 0.445. The minimum Gasteiger partial charge on any atom is -0.493 e. The molecule has 196 valence electrons. The second-order valence-electron chi connectivity index (χ2n) is 10.2. The number of amides is 2. The van der Waals surface area contributed by atoms with E-state index in [2.05, 4.69) is 17.0 Å². The summed E-state index contributed by atoms with van der Waals surface area (Å²) in [6, 6.07) is 21.3. The highest BCUT2D eigenvalue weighted by Gasteiger charge is 2.58. The van der Waals surface area contributed by atoms with Crippen molar-refractivity contribution in [2.75, 3.05) is 32.2 Å². The number of carbonyl (C=O) groups excluding carboxylic acids is 1. The van der Waals surface area contributed by atoms with Crippen LogP contribution >= 0.6 is 11.6 Å². The Labute approximate surface area is 228 Å². The van der Waals surface area contributed by atoms with Crippen molar-refractivity contribution in [3.63, 3.8) is 0 Å². The van der Waals surface area contributed by atoms with Crippen LogP contribution in [-0.2, 0) is 13.0 Å². The van der Waals surface area contributed by atoms with Gasteiger partial charge in [0, 0.05) is 30.7 Å². The Hall–Kier alpha value is -3.55.